The molecule has 4 nitrogen and oxygen atoms in total. The normalized spacial score (nSPS) is 26.4. The number of ketones is 1. The maximum absolute atomic E-state index is 12.2. The van der Waals surface area contributed by atoms with E-state index in [1.165, 1.54) is 0 Å². The van der Waals surface area contributed by atoms with Gasteiger partial charge in [-0.05, 0) is 31.8 Å². The Hall–Kier alpha value is -1.17. The average Bonchev–Trinajstić information content (AvgIpc) is 2.65. The second kappa shape index (κ2) is 3.91. The van der Waals surface area contributed by atoms with E-state index >= 15 is 0 Å². The number of rotatable bonds is 2. The van der Waals surface area contributed by atoms with Crippen LogP contribution in [0.3, 0.4) is 0 Å². The van der Waals surface area contributed by atoms with Gasteiger partial charge in [-0.25, -0.2) is 5.06 Å². The summed E-state index contributed by atoms with van der Waals surface area (Å²) >= 11 is 0. The number of carbonyl (C=O) groups excluding carboxylic acids is 1. The molecule has 2 aliphatic rings. The molecule has 18 heavy (non-hydrogen) atoms. The highest BCUT2D eigenvalue weighted by Crippen LogP contribution is 2.39. The van der Waals surface area contributed by atoms with Crippen molar-refractivity contribution in [3.05, 3.63) is 29.8 Å². The van der Waals surface area contributed by atoms with Crippen molar-refractivity contribution in [1.29, 1.82) is 0 Å². The maximum Gasteiger partial charge on any atom is 0.196 e. The zero-order valence-electron chi connectivity index (χ0n) is 10.8. The van der Waals surface area contributed by atoms with Crippen LogP contribution in [0.1, 0.15) is 16.8 Å². The van der Waals surface area contributed by atoms with Crippen LogP contribution in [0.4, 0.5) is 5.69 Å². The van der Waals surface area contributed by atoms with E-state index in [2.05, 4.69) is 19.6 Å². The number of Topliss-reactive ketones (excluding diaryl/α,β-unsaturated/α-hetero) is 1. The number of hydrogen-bond donors (Lipinski definition) is 0. The minimum Gasteiger partial charge on any atom is -0.396 e. The van der Waals surface area contributed by atoms with Crippen molar-refractivity contribution in [1.82, 2.24) is 0 Å². The largest absolute Gasteiger partial charge is 0.396 e. The molecule has 0 aliphatic carbocycles. The Labute approximate surface area is 108 Å². The zero-order valence-corrected chi connectivity index (χ0v) is 11.8. The highest BCUT2D eigenvalue weighted by Gasteiger charge is 2.46. The minimum absolute atomic E-state index is 0.0727. The lowest BCUT2D eigenvalue weighted by Crippen LogP contribution is -2.40. The van der Waals surface area contributed by atoms with E-state index in [0.717, 1.165) is 11.3 Å². The van der Waals surface area contributed by atoms with E-state index < -0.39 is 8.32 Å². The van der Waals surface area contributed by atoms with Gasteiger partial charge in [0.25, 0.3) is 0 Å². The van der Waals surface area contributed by atoms with Gasteiger partial charge in [0.15, 0.2) is 20.2 Å². The summed E-state index contributed by atoms with van der Waals surface area (Å²) in [7, 11) is -1.66. The number of fused-ring (bicyclic) bond motifs is 4. The molecule has 0 N–H and O–H groups in total. The molecule has 0 amide bonds. The van der Waals surface area contributed by atoms with Crippen molar-refractivity contribution in [3.63, 3.8) is 0 Å². The van der Waals surface area contributed by atoms with Crippen LogP contribution in [0, 0.1) is 0 Å². The predicted octanol–water partition coefficient (Wildman–Crippen LogP) is 2.57. The van der Waals surface area contributed by atoms with E-state index in [0.29, 0.717) is 6.42 Å². The lowest BCUT2D eigenvalue weighted by Gasteiger charge is -2.31. The molecule has 2 heterocycles. The van der Waals surface area contributed by atoms with Crippen molar-refractivity contribution in [2.75, 3.05) is 5.06 Å². The molecule has 0 spiro atoms. The number of hydroxylamine groups is 1. The lowest BCUT2D eigenvalue weighted by molar-refractivity contribution is 0.0425. The molecule has 96 valence electrons. The van der Waals surface area contributed by atoms with Gasteiger partial charge in [0, 0.05) is 12.0 Å². The Morgan fingerprint density at radius 1 is 1.33 bits per heavy atom. The summed E-state index contributed by atoms with van der Waals surface area (Å²) in [5.41, 5.74) is 1.58. The molecule has 3 rings (SSSR count). The van der Waals surface area contributed by atoms with Crippen molar-refractivity contribution in [2.24, 2.45) is 0 Å². The fourth-order valence-corrected chi connectivity index (χ4v) is 3.45. The van der Waals surface area contributed by atoms with Crippen LogP contribution >= 0.6 is 0 Å². The summed E-state index contributed by atoms with van der Waals surface area (Å²) in [6.45, 7) is 6.43. The molecule has 2 atom stereocenters. The minimum atomic E-state index is -1.66. The third-order valence-corrected chi connectivity index (χ3v) is 4.09. The van der Waals surface area contributed by atoms with Crippen molar-refractivity contribution < 1.29 is 14.1 Å². The molecule has 0 unspecified atom stereocenters. The summed E-state index contributed by atoms with van der Waals surface area (Å²) < 4.78 is 6.11. The fraction of sp³-hybridized carbons (Fsp3) is 0.462. The SMILES string of the molecule is C[Si](C)(C)O[C@H]1C[C@H]2ON1c1ccccc1C2=O. The van der Waals surface area contributed by atoms with Gasteiger partial charge in [0.2, 0.25) is 0 Å². The molecular weight excluding hydrogens is 246 g/mol. The van der Waals surface area contributed by atoms with Gasteiger partial charge in [0.1, 0.15) is 6.23 Å². The van der Waals surface area contributed by atoms with E-state index in [-0.39, 0.29) is 18.1 Å². The first-order valence-corrected chi connectivity index (χ1v) is 9.63. The molecule has 1 aromatic rings. The summed E-state index contributed by atoms with van der Waals surface area (Å²) in [4.78, 5) is 17.9. The topological polar surface area (TPSA) is 38.8 Å². The Balaban J connectivity index is 1.96. The number of benzene rings is 1. The zero-order chi connectivity index (χ0) is 12.9. The second-order valence-electron chi connectivity index (χ2n) is 5.72. The highest BCUT2D eigenvalue weighted by atomic mass is 28.4. The van der Waals surface area contributed by atoms with Crippen LogP contribution in [0.2, 0.25) is 19.6 Å². The van der Waals surface area contributed by atoms with Crippen LogP contribution in [0.5, 0.6) is 0 Å². The number of hydrogen-bond acceptors (Lipinski definition) is 4. The van der Waals surface area contributed by atoms with E-state index in [1.807, 2.05) is 24.3 Å². The molecule has 0 aromatic heterocycles. The predicted molar refractivity (Wildman–Crippen MR) is 71.0 cm³/mol. The van der Waals surface area contributed by atoms with E-state index in [1.54, 1.807) is 5.06 Å². The maximum atomic E-state index is 12.2. The third-order valence-electron chi connectivity index (χ3n) is 3.11. The number of carbonyl (C=O) groups is 1. The summed E-state index contributed by atoms with van der Waals surface area (Å²) in [6, 6.07) is 7.57. The van der Waals surface area contributed by atoms with Gasteiger partial charge in [0.05, 0.1) is 5.69 Å². The Morgan fingerprint density at radius 2 is 2.06 bits per heavy atom. The molecule has 1 fully saturated rings. The summed E-state index contributed by atoms with van der Waals surface area (Å²) in [6.07, 6.45) is 0.119. The first-order valence-electron chi connectivity index (χ1n) is 6.23. The van der Waals surface area contributed by atoms with Gasteiger partial charge in [-0.2, -0.15) is 0 Å². The second-order valence-corrected chi connectivity index (χ2v) is 10.2. The summed E-state index contributed by atoms with van der Waals surface area (Å²) in [5, 5.41) is 1.78. The number of para-hydroxylation sites is 1. The number of anilines is 1. The van der Waals surface area contributed by atoms with Crippen molar-refractivity contribution in [2.45, 2.75) is 38.4 Å². The average molecular weight is 263 g/mol. The van der Waals surface area contributed by atoms with Gasteiger partial charge in [-0.1, -0.05) is 12.1 Å². The quantitative estimate of drug-likeness (QED) is 0.769. The van der Waals surface area contributed by atoms with E-state index in [9.17, 15) is 4.79 Å². The van der Waals surface area contributed by atoms with Crippen LogP contribution in [-0.4, -0.2) is 26.4 Å². The number of nitrogens with zero attached hydrogens (tertiary/aromatic N) is 1. The summed E-state index contributed by atoms with van der Waals surface area (Å²) in [5.74, 6) is 0.0727. The van der Waals surface area contributed by atoms with Crippen molar-refractivity contribution in [3.8, 4) is 0 Å². The molecule has 0 radical (unpaired) electrons. The van der Waals surface area contributed by atoms with Gasteiger partial charge in [-0.15, -0.1) is 0 Å². The molecular formula is C13H17NO3Si. The standard InChI is InChI=1S/C13H17NO3Si/c1-18(2,3)17-12-8-11-13(15)9-6-4-5-7-10(9)14(12)16-11/h4-7,11-12H,8H2,1-3H3/t11-,12+/m1/s1. The molecule has 1 saturated heterocycles. The van der Waals surface area contributed by atoms with Gasteiger partial charge >= 0.3 is 0 Å². The van der Waals surface area contributed by atoms with Crippen LogP contribution in [-0.2, 0) is 9.26 Å². The lowest BCUT2D eigenvalue weighted by atomic mass is 10.0. The Kier molecular flexibility index (Phi) is 2.58. The first kappa shape index (κ1) is 11.9. The molecule has 5 heteroatoms. The molecule has 2 aliphatic heterocycles. The molecule has 0 saturated carbocycles. The van der Waals surface area contributed by atoms with E-state index in [4.69, 9.17) is 9.26 Å². The monoisotopic (exact) mass is 263 g/mol. The molecule has 1 aromatic carbocycles. The van der Waals surface area contributed by atoms with Gasteiger partial charge in [-0.3, -0.25) is 9.63 Å². The van der Waals surface area contributed by atoms with Crippen LogP contribution < -0.4 is 5.06 Å². The smallest absolute Gasteiger partial charge is 0.196 e. The Morgan fingerprint density at radius 3 is 2.78 bits per heavy atom. The van der Waals surface area contributed by atoms with Gasteiger partial charge < -0.3 is 4.43 Å². The third kappa shape index (κ3) is 1.88. The fourth-order valence-electron chi connectivity index (χ4n) is 2.45. The highest BCUT2D eigenvalue weighted by molar-refractivity contribution is 6.69. The molecule has 2 bridgehead atoms. The first-order chi connectivity index (χ1) is 8.46. The Bertz CT molecular complexity index is 497. The van der Waals surface area contributed by atoms with Crippen LogP contribution in [0.15, 0.2) is 24.3 Å². The van der Waals surface area contributed by atoms with Crippen molar-refractivity contribution >= 4 is 19.8 Å². The van der Waals surface area contributed by atoms with Crippen LogP contribution in [0.25, 0.3) is 0 Å².